The topological polar surface area (TPSA) is 93.1 Å². The molecule has 0 bridgehead atoms. The fourth-order valence-electron chi connectivity index (χ4n) is 5.40. The van der Waals surface area contributed by atoms with Crippen LogP contribution in [0.15, 0.2) is 23.8 Å². The number of fused-ring (bicyclic) bond motifs is 1. The van der Waals surface area contributed by atoms with Crippen LogP contribution in [0.2, 0.25) is 0 Å². The Kier molecular flexibility index (Phi) is 7.87. The molecule has 180 valence electrons. The number of cyclic esters (lactones) is 1. The van der Waals surface area contributed by atoms with E-state index in [4.69, 9.17) is 9.47 Å². The Morgan fingerprint density at radius 3 is 2.56 bits per heavy atom. The lowest BCUT2D eigenvalue weighted by molar-refractivity contribution is -0.171. The Morgan fingerprint density at radius 2 is 1.94 bits per heavy atom. The molecule has 0 radical (unpaired) electrons. The second kappa shape index (κ2) is 10.1. The van der Waals surface area contributed by atoms with Crippen LogP contribution in [-0.4, -0.2) is 47.1 Å². The normalized spacial score (nSPS) is 37.3. The second-order valence-corrected chi connectivity index (χ2v) is 10.7. The first-order chi connectivity index (χ1) is 15.1. The maximum absolute atomic E-state index is 13.0. The zero-order valence-corrected chi connectivity index (χ0v) is 20.1. The van der Waals surface area contributed by atoms with Crippen LogP contribution in [0.5, 0.6) is 0 Å². The van der Waals surface area contributed by atoms with Gasteiger partial charge >= 0.3 is 11.9 Å². The molecule has 0 aromatic heterocycles. The quantitative estimate of drug-likeness (QED) is 0.576. The van der Waals surface area contributed by atoms with Gasteiger partial charge in [-0.05, 0) is 56.4 Å². The number of aliphatic hydroxyl groups excluding tert-OH is 2. The molecule has 6 nitrogen and oxygen atoms in total. The first kappa shape index (κ1) is 25.0. The van der Waals surface area contributed by atoms with Crippen molar-refractivity contribution in [3.8, 4) is 0 Å². The van der Waals surface area contributed by atoms with Gasteiger partial charge in [0.2, 0.25) is 0 Å². The molecule has 1 aliphatic heterocycles. The predicted molar refractivity (Wildman–Crippen MR) is 121 cm³/mol. The first-order valence-corrected chi connectivity index (χ1v) is 12.2. The number of carbonyl (C=O) groups excluding carboxylic acids is 2. The van der Waals surface area contributed by atoms with Gasteiger partial charge in [-0.3, -0.25) is 9.59 Å². The van der Waals surface area contributed by atoms with Gasteiger partial charge in [0.05, 0.1) is 17.9 Å². The van der Waals surface area contributed by atoms with E-state index in [1.165, 1.54) is 0 Å². The summed E-state index contributed by atoms with van der Waals surface area (Å²) in [6.07, 6.45) is 7.90. The van der Waals surface area contributed by atoms with Crippen molar-refractivity contribution in [3.63, 3.8) is 0 Å². The highest BCUT2D eigenvalue weighted by Crippen LogP contribution is 2.47. The van der Waals surface area contributed by atoms with Gasteiger partial charge in [-0.25, -0.2) is 0 Å². The molecule has 0 aromatic carbocycles. The molecule has 0 spiro atoms. The molecule has 6 heteroatoms. The second-order valence-electron chi connectivity index (χ2n) is 10.7. The number of allylic oxidation sites excluding steroid dienone is 3. The lowest BCUT2D eigenvalue weighted by Gasteiger charge is -2.47. The zero-order valence-electron chi connectivity index (χ0n) is 20.1. The number of carbonyl (C=O) groups is 2. The minimum absolute atomic E-state index is 0.0100. The van der Waals surface area contributed by atoms with Crippen molar-refractivity contribution in [2.75, 3.05) is 6.61 Å². The van der Waals surface area contributed by atoms with Crippen LogP contribution in [0.4, 0.5) is 0 Å². The van der Waals surface area contributed by atoms with Gasteiger partial charge in [0, 0.05) is 24.9 Å². The molecule has 2 N–H and O–H groups in total. The smallest absolute Gasteiger partial charge is 0.311 e. The molecule has 1 fully saturated rings. The standard InChI is InChI=1S/C26H40O6/c1-6-26(4,5)25(30)32-24-21(14-27)16(3)11-17-8-7-15(2)20(23(17)24)10-9-19-12-18(28)13-22(29)31-19/h7-8,11,15-16,18-21,23-24,27-28H,6,9-10,12-14H2,1-5H3/t15-,16-,18+,19+,20-,21+,23-,24-/m0/s1. The summed E-state index contributed by atoms with van der Waals surface area (Å²) in [4.78, 5) is 24.8. The highest BCUT2D eigenvalue weighted by molar-refractivity contribution is 5.76. The summed E-state index contributed by atoms with van der Waals surface area (Å²) < 4.78 is 11.7. The van der Waals surface area contributed by atoms with Crippen molar-refractivity contribution in [2.45, 2.75) is 85.0 Å². The average Bonchev–Trinajstić information content (AvgIpc) is 2.72. The lowest BCUT2D eigenvalue weighted by Crippen LogP contribution is -2.49. The molecule has 3 rings (SSSR count). The van der Waals surface area contributed by atoms with Gasteiger partial charge in [0.15, 0.2) is 0 Å². The van der Waals surface area contributed by atoms with Gasteiger partial charge in [0.1, 0.15) is 12.2 Å². The number of aliphatic hydroxyl groups is 2. The van der Waals surface area contributed by atoms with Crippen LogP contribution in [0, 0.1) is 35.0 Å². The molecule has 3 aliphatic rings. The Labute approximate surface area is 192 Å². The molecule has 8 atom stereocenters. The minimum Gasteiger partial charge on any atom is -0.462 e. The van der Waals surface area contributed by atoms with Gasteiger partial charge in [-0.15, -0.1) is 0 Å². The van der Waals surface area contributed by atoms with Gasteiger partial charge < -0.3 is 19.7 Å². The largest absolute Gasteiger partial charge is 0.462 e. The van der Waals surface area contributed by atoms with E-state index in [1.807, 2.05) is 20.8 Å². The Hall–Kier alpha value is -1.66. The molecule has 32 heavy (non-hydrogen) atoms. The van der Waals surface area contributed by atoms with Crippen molar-refractivity contribution in [2.24, 2.45) is 35.0 Å². The molecule has 1 saturated heterocycles. The third-order valence-electron chi connectivity index (χ3n) is 7.97. The summed E-state index contributed by atoms with van der Waals surface area (Å²) in [7, 11) is 0. The summed E-state index contributed by atoms with van der Waals surface area (Å²) in [5.41, 5.74) is 0.584. The van der Waals surface area contributed by atoms with E-state index in [2.05, 4.69) is 32.1 Å². The molecule has 1 heterocycles. The molecule has 0 aromatic rings. The van der Waals surface area contributed by atoms with Crippen LogP contribution in [0.1, 0.15) is 66.7 Å². The van der Waals surface area contributed by atoms with E-state index < -0.39 is 17.6 Å². The van der Waals surface area contributed by atoms with E-state index in [0.717, 1.165) is 12.0 Å². The fraction of sp³-hybridized carbons (Fsp3) is 0.769. The van der Waals surface area contributed by atoms with Crippen LogP contribution in [0.25, 0.3) is 0 Å². The molecule has 0 saturated carbocycles. The predicted octanol–water partition coefficient (Wildman–Crippen LogP) is 3.80. The van der Waals surface area contributed by atoms with Crippen molar-refractivity contribution < 1.29 is 29.3 Å². The number of esters is 2. The lowest BCUT2D eigenvalue weighted by atomic mass is 9.62. The third kappa shape index (κ3) is 5.28. The Bertz CT molecular complexity index is 753. The van der Waals surface area contributed by atoms with E-state index in [9.17, 15) is 19.8 Å². The van der Waals surface area contributed by atoms with E-state index >= 15 is 0 Å². The van der Waals surface area contributed by atoms with Crippen LogP contribution in [0.3, 0.4) is 0 Å². The highest BCUT2D eigenvalue weighted by Gasteiger charge is 2.47. The highest BCUT2D eigenvalue weighted by atomic mass is 16.6. The maximum atomic E-state index is 13.0. The fourth-order valence-corrected chi connectivity index (χ4v) is 5.40. The number of rotatable bonds is 7. The van der Waals surface area contributed by atoms with Crippen molar-refractivity contribution >= 4 is 11.9 Å². The van der Waals surface area contributed by atoms with Crippen LogP contribution >= 0.6 is 0 Å². The summed E-state index contributed by atoms with van der Waals surface area (Å²) in [5.74, 6) is -0.182. The first-order valence-electron chi connectivity index (χ1n) is 12.2. The SMILES string of the molecule is CCC(C)(C)C(=O)O[C@H]1[C@H](CO)[C@@H](C)C=C2C=C[C@H](C)[C@H](CC[C@@H]3C[C@@H](O)CC(=O)O3)[C@H]21. The van der Waals surface area contributed by atoms with Crippen LogP contribution in [-0.2, 0) is 19.1 Å². The summed E-state index contributed by atoms with van der Waals surface area (Å²) in [6, 6.07) is 0. The summed E-state index contributed by atoms with van der Waals surface area (Å²) in [6.45, 7) is 9.98. The number of hydrogen-bond acceptors (Lipinski definition) is 6. The average molecular weight is 449 g/mol. The monoisotopic (exact) mass is 448 g/mol. The van der Waals surface area contributed by atoms with E-state index in [-0.39, 0.29) is 60.7 Å². The summed E-state index contributed by atoms with van der Waals surface area (Å²) in [5, 5.41) is 20.2. The van der Waals surface area contributed by atoms with Crippen molar-refractivity contribution in [1.82, 2.24) is 0 Å². The Balaban J connectivity index is 1.85. The number of ether oxygens (including phenoxy) is 2. The van der Waals surface area contributed by atoms with Gasteiger partial charge in [-0.2, -0.15) is 0 Å². The molecule has 2 aliphatic carbocycles. The Morgan fingerprint density at radius 1 is 1.22 bits per heavy atom. The van der Waals surface area contributed by atoms with Crippen LogP contribution < -0.4 is 0 Å². The zero-order chi connectivity index (χ0) is 23.6. The third-order valence-corrected chi connectivity index (χ3v) is 7.97. The van der Waals surface area contributed by atoms with E-state index in [0.29, 0.717) is 19.3 Å². The van der Waals surface area contributed by atoms with Crippen molar-refractivity contribution in [3.05, 3.63) is 23.8 Å². The van der Waals surface area contributed by atoms with Gasteiger partial charge in [-0.1, -0.05) is 39.0 Å². The van der Waals surface area contributed by atoms with Gasteiger partial charge in [0.25, 0.3) is 0 Å². The molecule has 0 amide bonds. The van der Waals surface area contributed by atoms with E-state index in [1.54, 1.807) is 0 Å². The molecular weight excluding hydrogens is 408 g/mol. The number of hydrogen-bond donors (Lipinski definition) is 2. The molecule has 0 unspecified atom stereocenters. The maximum Gasteiger partial charge on any atom is 0.311 e. The minimum atomic E-state index is -0.639. The van der Waals surface area contributed by atoms with Crippen molar-refractivity contribution in [1.29, 1.82) is 0 Å². The molecular formula is C26H40O6. The summed E-state index contributed by atoms with van der Waals surface area (Å²) >= 11 is 0.